The molecule has 7 nitrogen and oxygen atoms in total. The van der Waals surface area contributed by atoms with Crippen LogP contribution in [0, 0.1) is 6.92 Å². The van der Waals surface area contributed by atoms with E-state index in [1.807, 2.05) is 51.0 Å². The quantitative estimate of drug-likeness (QED) is 0.648. The standard InChI is InChI=1S/C21H25N5O2S/c1-13-22-12-18(28-13)15-9-8-14(11-17(15)27-4)23-21-24-16-7-5-6-10-29-19(16)20(25-21)26(2)3/h8-9,11-12H,5-7,10H2,1-4H3,(H,23,24,25). The van der Waals surface area contributed by atoms with E-state index in [2.05, 4.69) is 15.2 Å². The highest BCUT2D eigenvalue weighted by molar-refractivity contribution is 7.99. The normalized spacial score (nSPS) is 13.5. The monoisotopic (exact) mass is 411 g/mol. The van der Waals surface area contributed by atoms with Crippen LogP contribution in [-0.4, -0.2) is 41.9 Å². The number of fused-ring (bicyclic) bond motifs is 1. The van der Waals surface area contributed by atoms with Gasteiger partial charge in [0.05, 0.1) is 29.5 Å². The number of ether oxygens (including phenoxy) is 1. The fourth-order valence-corrected chi connectivity index (χ4v) is 4.54. The average molecular weight is 412 g/mol. The zero-order chi connectivity index (χ0) is 20.4. The fourth-order valence-electron chi connectivity index (χ4n) is 3.32. The molecule has 0 fully saturated rings. The van der Waals surface area contributed by atoms with Crippen LogP contribution in [0.25, 0.3) is 11.3 Å². The van der Waals surface area contributed by atoms with Crippen LogP contribution < -0.4 is 15.0 Å². The largest absolute Gasteiger partial charge is 0.496 e. The third-order valence-corrected chi connectivity index (χ3v) is 5.94. The summed E-state index contributed by atoms with van der Waals surface area (Å²) in [5, 5.41) is 3.34. The average Bonchev–Trinajstić information content (AvgIpc) is 3.00. The first kappa shape index (κ1) is 19.6. The molecule has 0 spiro atoms. The fraction of sp³-hybridized carbons (Fsp3) is 0.381. The molecule has 0 atom stereocenters. The summed E-state index contributed by atoms with van der Waals surface area (Å²) in [6, 6.07) is 5.84. The number of oxazole rings is 1. The third kappa shape index (κ3) is 4.17. The number of hydrogen-bond acceptors (Lipinski definition) is 8. The molecule has 0 unspecified atom stereocenters. The Labute approximate surface area is 174 Å². The highest BCUT2D eigenvalue weighted by atomic mass is 32.2. The van der Waals surface area contributed by atoms with Gasteiger partial charge in [-0.15, -0.1) is 11.8 Å². The number of thioether (sulfide) groups is 1. The summed E-state index contributed by atoms with van der Waals surface area (Å²) in [6.45, 7) is 1.82. The van der Waals surface area contributed by atoms with Gasteiger partial charge in [0, 0.05) is 32.8 Å². The Kier molecular flexibility index (Phi) is 5.62. The Balaban J connectivity index is 1.67. The van der Waals surface area contributed by atoms with Gasteiger partial charge in [-0.3, -0.25) is 0 Å². The number of methoxy groups -OCH3 is 1. The number of rotatable bonds is 5. The van der Waals surface area contributed by atoms with Crippen molar-refractivity contribution in [2.75, 3.05) is 37.2 Å². The molecule has 3 aromatic rings. The van der Waals surface area contributed by atoms with E-state index in [1.165, 1.54) is 11.3 Å². The molecule has 0 saturated carbocycles. The van der Waals surface area contributed by atoms with Gasteiger partial charge in [-0.2, -0.15) is 4.98 Å². The molecule has 1 N–H and O–H groups in total. The number of aromatic nitrogens is 3. The number of nitrogens with one attached hydrogen (secondary N) is 1. The number of aryl methyl sites for hydroxylation is 2. The van der Waals surface area contributed by atoms with E-state index in [0.29, 0.717) is 23.3 Å². The third-order valence-electron chi connectivity index (χ3n) is 4.74. The first-order valence-corrected chi connectivity index (χ1v) is 10.6. The van der Waals surface area contributed by atoms with Crippen LogP contribution in [0.2, 0.25) is 0 Å². The second kappa shape index (κ2) is 8.32. The molecule has 2 aromatic heterocycles. The Hall–Kier alpha value is -2.74. The Morgan fingerprint density at radius 2 is 2.07 bits per heavy atom. The number of hydrogen-bond donors (Lipinski definition) is 1. The summed E-state index contributed by atoms with van der Waals surface area (Å²) in [5.74, 6) is 4.68. The van der Waals surface area contributed by atoms with Crippen LogP contribution in [0.5, 0.6) is 5.75 Å². The van der Waals surface area contributed by atoms with Crippen molar-refractivity contribution < 1.29 is 9.15 Å². The molecule has 1 aliphatic heterocycles. The van der Waals surface area contributed by atoms with Gasteiger partial charge >= 0.3 is 0 Å². The van der Waals surface area contributed by atoms with E-state index >= 15 is 0 Å². The molecule has 0 aliphatic carbocycles. The van der Waals surface area contributed by atoms with E-state index < -0.39 is 0 Å². The summed E-state index contributed by atoms with van der Waals surface area (Å²) in [4.78, 5) is 17.0. The Bertz CT molecular complexity index is 1020. The smallest absolute Gasteiger partial charge is 0.229 e. The molecule has 152 valence electrons. The summed E-state index contributed by atoms with van der Waals surface area (Å²) >= 11 is 1.86. The van der Waals surface area contributed by atoms with Gasteiger partial charge in [0.1, 0.15) is 11.6 Å². The minimum absolute atomic E-state index is 0.597. The molecule has 1 aromatic carbocycles. The first-order valence-electron chi connectivity index (χ1n) is 9.64. The van der Waals surface area contributed by atoms with Gasteiger partial charge in [0.25, 0.3) is 0 Å². The summed E-state index contributed by atoms with van der Waals surface area (Å²) in [6.07, 6.45) is 5.04. The predicted octanol–water partition coefficient (Wildman–Crippen LogP) is 4.69. The lowest BCUT2D eigenvalue weighted by Crippen LogP contribution is -2.15. The van der Waals surface area contributed by atoms with E-state index in [-0.39, 0.29) is 0 Å². The van der Waals surface area contributed by atoms with Gasteiger partial charge in [-0.1, -0.05) is 0 Å². The van der Waals surface area contributed by atoms with Crippen LogP contribution in [0.4, 0.5) is 17.5 Å². The number of benzene rings is 1. The van der Waals surface area contributed by atoms with E-state index in [0.717, 1.165) is 41.4 Å². The topological polar surface area (TPSA) is 76.3 Å². The van der Waals surface area contributed by atoms with Crippen molar-refractivity contribution in [2.24, 2.45) is 0 Å². The maximum atomic E-state index is 5.64. The van der Waals surface area contributed by atoms with Crippen molar-refractivity contribution in [1.29, 1.82) is 0 Å². The van der Waals surface area contributed by atoms with Crippen molar-refractivity contribution in [1.82, 2.24) is 15.0 Å². The van der Waals surface area contributed by atoms with Crippen LogP contribution in [0.15, 0.2) is 33.7 Å². The van der Waals surface area contributed by atoms with E-state index in [9.17, 15) is 0 Å². The highest BCUT2D eigenvalue weighted by Gasteiger charge is 2.19. The molecule has 29 heavy (non-hydrogen) atoms. The zero-order valence-electron chi connectivity index (χ0n) is 17.2. The lowest BCUT2D eigenvalue weighted by molar-refractivity contribution is 0.414. The summed E-state index contributed by atoms with van der Waals surface area (Å²) in [7, 11) is 5.69. The van der Waals surface area contributed by atoms with Crippen LogP contribution in [0.1, 0.15) is 24.4 Å². The maximum absolute atomic E-state index is 5.64. The lowest BCUT2D eigenvalue weighted by Gasteiger charge is -2.19. The van der Waals surface area contributed by atoms with Gasteiger partial charge in [0.2, 0.25) is 5.95 Å². The number of anilines is 3. The molecule has 0 bridgehead atoms. The predicted molar refractivity (Wildman–Crippen MR) is 117 cm³/mol. The summed E-state index contributed by atoms with van der Waals surface area (Å²) in [5.41, 5.74) is 2.83. The molecular weight excluding hydrogens is 386 g/mol. The van der Waals surface area contributed by atoms with Crippen molar-refractivity contribution in [2.45, 2.75) is 31.1 Å². The van der Waals surface area contributed by atoms with E-state index in [1.54, 1.807) is 13.3 Å². The number of nitrogens with zero attached hydrogens (tertiary/aromatic N) is 4. The molecule has 0 amide bonds. The second-order valence-electron chi connectivity index (χ2n) is 7.13. The SMILES string of the molecule is COc1cc(Nc2nc3c(c(N(C)C)n2)SCCCC3)ccc1-c1cnc(C)o1. The highest BCUT2D eigenvalue weighted by Crippen LogP contribution is 2.37. The van der Waals surface area contributed by atoms with Crippen LogP contribution in [0.3, 0.4) is 0 Å². The van der Waals surface area contributed by atoms with Crippen LogP contribution >= 0.6 is 11.8 Å². The molecule has 3 heterocycles. The first-order chi connectivity index (χ1) is 14.0. The molecule has 4 rings (SSSR count). The lowest BCUT2D eigenvalue weighted by atomic mass is 10.1. The molecule has 0 radical (unpaired) electrons. The molecule has 1 aliphatic rings. The molecule has 0 saturated heterocycles. The van der Waals surface area contributed by atoms with Gasteiger partial charge < -0.3 is 19.4 Å². The Morgan fingerprint density at radius 1 is 1.21 bits per heavy atom. The Morgan fingerprint density at radius 3 is 2.79 bits per heavy atom. The van der Waals surface area contributed by atoms with E-state index in [4.69, 9.17) is 19.1 Å². The van der Waals surface area contributed by atoms with Gasteiger partial charge in [-0.25, -0.2) is 9.97 Å². The van der Waals surface area contributed by atoms with Crippen molar-refractivity contribution in [3.63, 3.8) is 0 Å². The minimum atomic E-state index is 0.597. The zero-order valence-corrected chi connectivity index (χ0v) is 18.0. The minimum Gasteiger partial charge on any atom is -0.496 e. The molecule has 8 heteroatoms. The van der Waals surface area contributed by atoms with Gasteiger partial charge in [-0.05, 0) is 37.1 Å². The maximum Gasteiger partial charge on any atom is 0.229 e. The molecular formula is C21H25N5O2S. The van der Waals surface area contributed by atoms with Crippen LogP contribution in [-0.2, 0) is 6.42 Å². The van der Waals surface area contributed by atoms with Gasteiger partial charge in [0.15, 0.2) is 11.7 Å². The second-order valence-corrected chi connectivity index (χ2v) is 8.24. The summed E-state index contributed by atoms with van der Waals surface area (Å²) < 4.78 is 11.2. The van der Waals surface area contributed by atoms with Crippen molar-refractivity contribution in [3.05, 3.63) is 36.0 Å². The van der Waals surface area contributed by atoms with Crippen molar-refractivity contribution in [3.8, 4) is 17.1 Å². The van der Waals surface area contributed by atoms with Crippen molar-refractivity contribution >= 4 is 29.2 Å².